The number of aliphatic imine (C=N–C) groups is 1. The van der Waals surface area contributed by atoms with Crippen LogP contribution < -0.4 is 4.90 Å². The van der Waals surface area contributed by atoms with E-state index < -0.39 is 0 Å². The van der Waals surface area contributed by atoms with Gasteiger partial charge in [-0.15, -0.1) is 0 Å². The molecule has 4 nitrogen and oxygen atoms in total. The number of rotatable bonds is 7. The Labute approximate surface area is 235 Å². The fourth-order valence-electron chi connectivity index (χ4n) is 5.86. The summed E-state index contributed by atoms with van der Waals surface area (Å²) in [6, 6.07) is 23.5. The molecule has 0 radical (unpaired) electrons. The molecule has 1 unspecified atom stereocenters. The van der Waals surface area contributed by atoms with E-state index >= 15 is 4.39 Å². The van der Waals surface area contributed by atoms with Crippen molar-refractivity contribution in [1.82, 2.24) is 4.90 Å². The smallest absolute Gasteiger partial charge is 0.266 e. The number of carbonyl (C=O) groups excluding carboxylic acids is 1. The third-order valence-corrected chi connectivity index (χ3v) is 8.67. The van der Waals surface area contributed by atoms with Gasteiger partial charge < -0.3 is 4.90 Å². The summed E-state index contributed by atoms with van der Waals surface area (Å²) in [5.74, 6) is -0.126. The highest BCUT2D eigenvalue weighted by atomic mass is 32.2. The van der Waals surface area contributed by atoms with Crippen LogP contribution in [0.3, 0.4) is 0 Å². The molecule has 1 saturated heterocycles. The summed E-state index contributed by atoms with van der Waals surface area (Å²) in [6.45, 7) is 10.1. The number of hydrogen-bond acceptors (Lipinski definition) is 4. The van der Waals surface area contributed by atoms with Crippen molar-refractivity contribution in [2.24, 2.45) is 4.99 Å². The number of hydrogen-bond donors (Lipinski definition) is 0. The van der Waals surface area contributed by atoms with Crippen LogP contribution in [-0.4, -0.2) is 34.6 Å². The van der Waals surface area contributed by atoms with Crippen LogP contribution in [0.25, 0.3) is 6.08 Å². The zero-order valence-electron chi connectivity index (χ0n) is 23.2. The molecule has 0 aliphatic carbocycles. The molecule has 39 heavy (non-hydrogen) atoms. The number of nitrogens with zero attached hydrogens (tertiary/aromatic N) is 3. The molecule has 0 saturated carbocycles. The Bertz CT molecular complexity index is 1400. The molecular weight excluding hydrogens is 505 g/mol. The highest BCUT2D eigenvalue weighted by Crippen LogP contribution is 2.45. The minimum absolute atomic E-state index is 0.0338. The van der Waals surface area contributed by atoms with Gasteiger partial charge in [-0.05, 0) is 99.2 Å². The molecule has 6 heteroatoms. The van der Waals surface area contributed by atoms with E-state index in [0.717, 1.165) is 42.7 Å². The summed E-state index contributed by atoms with van der Waals surface area (Å²) in [5, 5.41) is 0.635. The number of anilines is 1. The van der Waals surface area contributed by atoms with Crippen LogP contribution in [-0.2, 0) is 11.2 Å². The highest BCUT2D eigenvalue weighted by molar-refractivity contribution is 8.18. The van der Waals surface area contributed by atoms with E-state index in [1.807, 2.05) is 54.6 Å². The fraction of sp³-hybridized carbons (Fsp3) is 0.333. The summed E-state index contributed by atoms with van der Waals surface area (Å²) in [6.07, 6.45) is 4.38. The molecule has 3 aromatic rings. The fourth-order valence-corrected chi connectivity index (χ4v) is 6.87. The van der Waals surface area contributed by atoms with Crippen molar-refractivity contribution in [2.75, 3.05) is 18.0 Å². The Morgan fingerprint density at radius 1 is 1.08 bits per heavy atom. The minimum Gasteiger partial charge on any atom is -0.366 e. The van der Waals surface area contributed by atoms with Crippen molar-refractivity contribution in [1.29, 1.82) is 0 Å². The van der Waals surface area contributed by atoms with E-state index in [2.05, 4.69) is 44.7 Å². The maximum Gasteiger partial charge on any atom is 0.266 e. The molecule has 202 valence electrons. The van der Waals surface area contributed by atoms with Gasteiger partial charge in [-0.2, -0.15) is 0 Å². The molecule has 2 heterocycles. The van der Waals surface area contributed by atoms with Crippen molar-refractivity contribution in [3.05, 3.63) is 100 Å². The lowest BCUT2D eigenvalue weighted by Gasteiger charge is -2.47. The first kappa shape index (κ1) is 27.2. The largest absolute Gasteiger partial charge is 0.366 e. The van der Waals surface area contributed by atoms with Gasteiger partial charge in [0.2, 0.25) is 0 Å². The van der Waals surface area contributed by atoms with Crippen molar-refractivity contribution in [2.45, 2.75) is 58.4 Å². The second-order valence-corrected chi connectivity index (χ2v) is 12.0. The van der Waals surface area contributed by atoms with Gasteiger partial charge in [0.1, 0.15) is 5.82 Å². The molecule has 0 aromatic heterocycles. The Morgan fingerprint density at radius 3 is 2.46 bits per heavy atom. The van der Waals surface area contributed by atoms with Crippen LogP contribution >= 0.6 is 11.8 Å². The summed E-state index contributed by atoms with van der Waals surface area (Å²) >= 11 is 1.32. The molecule has 1 amide bonds. The number of halogens is 1. The molecule has 2 aliphatic rings. The molecule has 5 rings (SSSR count). The summed E-state index contributed by atoms with van der Waals surface area (Å²) < 4.78 is 15.5. The lowest BCUT2D eigenvalue weighted by atomic mass is 9.79. The van der Waals surface area contributed by atoms with E-state index in [1.165, 1.54) is 17.3 Å². The van der Waals surface area contributed by atoms with Crippen LogP contribution in [0, 0.1) is 5.82 Å². The third kappa shape index (κ3) is 5.81. The number of para-hydroxylation sites is 1. The van der Waals surface area contributed by atoms with E-state index in [1.54, 1.807) is 17.0 Å². The molecule has 0 N–H and O–H groups in total. The quantitative estimate of drug-likeness (QED) is 0.283. The van der Waals surface area contributed by atoms with E-state index in [9.17, 15) is 4.79 Å². The number of thioether (sulfide) groups is 1. The number of aryl methyl sites for hydroxylation is 1. The number of benzene rings is 3. The SMILES string of the molecule is CCN1c2cc(F)c(/C=C3/SC(=Nc4ccccc4)N(CCCc4ccccc4)C3=O)cc2C(C)CC1(C)C. The van der Waals surface area contributed by atoms with E-state index in [-0.39, 0.29) is 17.3 Å². The van der Waals surface area contributed by atoms with Crippen LogP contribution in [0.2, 0.25) is 0 Å². The Hall–Kier alpha value is -3.38. The zero-order valence-corrected chi connectivity index (χ0v) is 24.0. The van der Waals surface area contributed by atoms with Gasteiger partial charge in [-0.1, -0.05) is 55.5 Å². The maximum absolute atomic E-state index is 15.5. The molecule has 1 atom stereocenters. The first-order valence-electron chi connectivity index (χ1n) is 13.8. The van der Waals surface area contributed by atoms with Crippen LogP contribution in [0.4, 0.5) is 15.8 Å². The van der Waals surface area contributed by atoms with Crippen LogP contribution in [0.5, 0.6) is 0 Å². The van der Waals surface area contributed by atoms with E-state index in [0.29, 0.717) is 28.1 Å². The lowest BCUT2D eigenvalue weighted by Crippen LogP contribution is -2.48. The van der Waals surface area contributed by atoms with Crippen molar-refractivity contribution < 1.29 is 9.18 Å². The van der Waals surface area contributed by atoms with Crippen molar-refractivity contribution >= 4 is 40.3 Å². The first-order chi connectivity index (χ1) is 18.8. The Kier molecular flexibility index (Phi) is 7.94. The monoisotopic (exact) mass is 541 g/mol. The number of carbonyl (C=O) groups is 1. The van der Waals surface area contributed by atoms with Gasteiger partial charge >= 0.3 is 0 Å². The number of amides is 1. The number of amidine groups is 1. The molecule has 0 spiro atoms. The number of fused-ring (bicyclic) bond motifs is 1. The minimum atomic E-state index is -0.304. The van der Waals surface area contributed by atoms with Crippen LogP contribution in [0.15, 0.2) is 82.7 Å². The van der Waals surface area contributed by atoms with Crippen molar-refractivity contribution in [3.63, 3.8) is 0 Å². The summed E-state index contributed by atoms with van der Waals surface area (Å²) in [5.41, 5.74) is 4.55. The average molecular weight is 542 g/mol. The normalized spacial score (nSPS) is 20.6. The lowest BCUT2D eigenvalue weighted by molar-refractivity contribution is -0.122. The van der Waals surface area contributed by atoms with Gasteiger partial charge in [0.15, 0.2) is 5.17 Å². The Balaban J connectivity index is 1.45. The van der Waals surface area contributed by atoms with Crippen molar-refractivity contribution in [3.8, 4) is 0 Å². The van der Waals surface area contributed by atoms with Gasteiger partial charge in [0.05, 0.1) is 10.6 Å². The predicted molar refractivity (Wildman–Crippen MR) is 162 cm³/mol. The topological polar surface area (TPSA) is 35.9 Å². The van der Waals surface area contributed by atoms with Gasteiger partial charge in [-0.3, -0.25) is 9.69 Å². The summed E-state index contributed by atoms with van der Waals surface area (Å²) in [4.78, 5) is 22.9. The standard InChI is InChI=1S/C33H36FN3OS/c1-5-37-29-21-28(34)25(19-27(29)23(2)22-33(37,3)4)20-30-31(38)36(18-12-15-24-13-8-6-9-14-24)32(39-30)35-26-16-10-7-11-17-26/h6-11,13-14,16-17,19-21,23H,5,12,15,18,22H2,1-4H3/b30-20+,35-32?. The molecule has 0 bridgehead atoms. The maximum atomic E-state index is 15.5. The zero-order chi connectivity index (χ0) is 27.6. The third-order valence-electron chi connectivity index (χ3n) is 7.67. The first-order valence-corrected chi connectivity index (χ1v) is 14.6. The van der Waals surface area contributed by atoms with Gasteiger partial charge in [-0.25, -0.2) is 9.38 Å². The molecular formula is C33H36FN3OS. The van der Waals surface area contributed by atoms with Gasteiger partial charge in [0.25, 0.3) is 5.91 Å². The molecule has 2 aliphatic heterocycles. The second-order valence-electron chi connectivity index (χ2n) is 11.0. The van der Waals surface area contributed by atoms with E-state index in [4.69, 9.17) is 4.99 Å². The molecule has 3 aromatic carbocycles. The Morgan fingerprint density at radius 2 is 1.77 bits per heavy atom. The van der Waals surface area contributed by atoms with Crippen LogP contribution in [0.1, 0.15) is 63.1 Å². The highest BCUT2D eigenvalue weighted by Gasteiger charge is 2.37. The predicted octanol–water partition coefficient (Wildman–Crippen LogP) is 8.17. The average Bonchev–Trinajstić information content (AvgIpc) is 3.19. The summed E-state index contributed by atoms with van der Waals surface area (Å²) in [7, 11) is 0. The molecule has 1 fully saturated rings. The second kappa shape index (κ2) is 11.4. The van der Waals surface area contributed by atoms with Gasteiger partial charge in [0, 0.05) is 29.9 Å².